The molecule has 1 aliphatic heterocycles. The monoisotopic (exact) mass is 375 g/mol. The molecule has 142 valence electrons. The standard InChI is InChI=1S/C19H19F2N3O3/c1-27-18-5-3-14(24-8-6-23(12-25)7-9-24)11-17(18)22-19(26)13-2-4-15(20)16(21)10-13/h2-5,10-12H,6-9H2,1H3,(H,22,26). The molecule has 0 aliphatic carbocycles. The van der Waals surface area contributed by atoms with E-state index in [1.165, 1.54) is 13.2 Å². The fourth-order valence-electron chi connectivity index (χ4n) is 2.91. The number of rotatable bonds is 5. The van der Waals surface area contributed by atoms with Gasteiger partial charge in [0.25, 0.3) is 5.91 Å². The first-order chi connectivity index (χ1) is 13.0. The van der Waals surface area contributed by atoms with Crippen molar-refractivity contribution in [1.82, 2.24) is 4.90 Å². The van der Waals surface area contributed by atoms with Crippen molar-refractivity contribution in [2.24, 2.45) is 0 Å². The zero-order valence-corrected chi connectivity index (χ0v) is 14.7. The highest BCUT2D eigenvalue weighted by Gasteiger charge is 2.18. The third-order valence-electron chi connectivity index (χ3n) is 4.44. The number of hydrogen-bond acceptors (Lipinski definition) is 4. The summed E-state index contributed by atoms with van der Waals surface area (Å²) in [6.07, 6.45) is 0.832. The van der Waals surface area contributed by atoms with E-state index in [1.54, 1.807) is 17.0 Å². The van der Waals surface area contributed by atoms with Crippen LogP contribution in [0.5, 0.6) is 5.75 Å². The van der Waals surface area contributed by atoms with Crippen LogP contribution in [0.4, 0.5) is 20.2 Å². The number of halogens is 2. The average Bonchev–Trinajstić information content (AvgIpc) is 2.70. The second kappa shape index (κ2) is 8.03. The highest BCUT2D eigenvalue weighted by molar-refractivity contribution is 6.05. The summed E-state index contributed by atoms with van der Waals surface area (Å²) in [7, 11) is 1.48. The Morgan fingerprint density at radius 3 is 2.44 bits per heavy atom. The fraction of sp³-hybridized carbons (Fsp3) is 0.263. The Morgan fingerprint density at radius 2 is 1.81 bits per heavy atom. The minimum atomic E-state index is -1.09. The number of amides is 2. The van der Waals surface area contributed by atoms with Crippen molar-refractivity contribution < 1.29 is 23.1 Å². The predicted octanol–water partition coefficient (Wildman–Crippen LogP) is 2.50. The second-order valence-corrected chi connectivity index (χ2v) is 6.10. The zero-order chi connectivity index (χ0) is 19.4. The van der Waals surface area contributed by atoms with Gasteiger partial charge >= 0.3 is 0 Å². The molecule has 2 aromatic carbocycles. The van der Waals surface area contributed by atoms with Crippen LogP contribution in [0.2, 0.25) is 0 Å². The van der Waals surface area contributed by atoms with Gasteiger partial charge < -0.3 is 19.9 Å². The van der Waals surface area contributed by atoms with Gasteiger partial charge in [-0.05, 0) is 36.4 Å². The van der Waals surface area contributed by atoms with Crippen LogP contribution < -0.4 is 15.0 Å². The van der Waals surface area contributed by atoms with E-state index in [-0.39, 0.29) is 5.56 Å². The Bertz CT molecular complexity index is 852. The number of methoxy groups -OCH3 is 1. The number of anilines is 2. The topological polar surface area (TPSA) is 61.9 Å². The Kier molecular flexibility index (Phi) is 5.54. The first-order valence-corrected chi connectivity index (χ1v) is 8.40. The lowest BCUT2D eigenvalue weighted by Gasteiger charge is -2.34. The van der Waals surface area contributed by atoms with Gasteiger partial charge in [0, 0.05) is 37.4 Å². The van der Waals surface area contributed by atoms with E-state index in [2.05, 4.69) is 10.2 Å². The van der Waals surface area contributed by atoms with Crippen LogP contribution in [0, 0.1) is 11.6 Å². The van der Waals surface area contributed by atoms with E-state index in [9.17, 15) is 18.4 Å². The number of piperazine rings is 1. The molecule has 27 heavy (non-hydrogen) atoms. The molecule has 0 saturated carbocycles. The maximum Gasteiger partial charge on any atom is 0.255 e. The van der Waals surface area contributed by atoms with Crippen molar-refractivity contribution in [3.8, 4) is 5.75 Å². The molecule has 8 heteroatoms. The van der Waals surface area contributed by atoms with Crippen LogP contribution in [-0.2, 0) is 4.79 Å². The van der Waals surface area contributed by atoms with Gasteiger partial charge in [0.05, 0.1) is 12.8 Å². The molecule has 1 saturated heterocycles. The van der Waals surface area contributed by atoms with Crippen LogP contribution in [-0.4, -0.2) is 50.5 Å². The predicted molar refractivity (Wildman–Crippen MR) is 97.2 cm³/mol. The molecule has 2 aromatic rings. The maximum absolute atomic E-state index is 13.4. The summed E-state index contributed by atoms with van der Waals surface area (Å²) in [4.78, 5) is 27.0. The molecule has 0 bridgehead atoms. The number of nitrogens with zero attached hydrogens (tertiary/aromatic N) is 2. The number of ether oxygens (including phenoxy) is 1. The minimum absolute atomic E-state index is 0.000883. The summed E-state index contributed by atoms with van der Waals surface area (Å²) in [6, 6.07) is 8.31. The molecule has 1 fully saturated rings. The highest BCUT2D eigenvalue weighted by Crippen LogP contribution is 2.30. The van der Waals surface area contributed by atoms with E-state index in [0.29, 0.717) is 37.6 Å². The molecule has 1 N–H and O–H groups in total. The van der Waals surface area contributed by atoms with Gasteiger partial charge in [-0.1, -0.05) is 0 Å². The van der Waals surface area contributed by atoms with Crippen LogP contribution >= 0.6 is 0 Å². The van der Waals surface area contributed by atoms with Gasteiger partial charge in [0.15, 0.2) is 11.6 Å². The number of hydrogen-bond donors (Lipinski definition) is 1. The van der Waals surface area contributed by atoms with Crippen LogP contribution in [0.15, 0.2) is 36.4 Å². The summed E-state index contributed by atoms with van der Waals surface area (Å²) >= 11 is 0. The van der Waals surface area contributed by atoms with Crippen molar-refractivity contribution in [3.05, 3.63) is 53.6 Å². The molecule has 0 radical (unpaired) electrons. The molecule has 6 nitrogen and oxygen atoms in total. The van der Waals surface area contributed by atoms with Gasteiger partial charge in [0.1, 0.15) is 5.75 Å². The van der Waals surface area contributed by atoms with Gasteiger partial charge in [-0.2, -0.15) is 0 Å². The van der Waals surface area contributed by atoms with Crippen LogP contribution in [0.3, 0.4) is 0 Å². The summed E-state index contributed by atoms with van der Waals surface area (Å²) in [5.41, 5.74) is 1.28. The molecule has 0 atom stereocenters. The number of nitrogens with one attached hydrogen (secondary N) is 1. The molecular weight excluding hydrogens is 356 g/mol. The first-order valence-electron chi connectivity index (χ1n) is 8.40. The van der Waals surface area contributed by atoms with E-state index < -0.39 is 17.5 Å². The zero-order valence-electron chi connectivity index (χ0n) is 14.7. The molecule has 2 amide bonds. The van der Waals surface area contributed by atoms with Gasteiger partial charge in [0.2, 0.25) is 6.41 Å². The Labute approximate surface area is 155 Å². The van der Waals surface area contributed by atoms with E-state index in [0.717, 1.165) is 24.2 Å². The third-order valence-corrected chi connectivity index (χ3v) is 4.44. The van der Waals surface area contributed by atoms with Crippen molar-refractivity contribution in [3.63, 3.8) is 0 Å². The lowest BCUT2D eigenvalue weighted by molar-refractivity contribution is -0.118. The van der Waals surface area contributed by atoms with Crippen molar-refractivity contribution in [2.75, 3.05) is 43.5 Å². The summed E-state index contributed by atoms with van der Waals surface area (Å²) < 4.78 is 31.7. The third kappa shape index (κ3) is 4.16. The largest absolute Gasteiger partial charge is 0.495 e. The molecule has 0 aromatic heterocycles. The van der Waals surface area contributed by atoms with Gasteiger partial charge in [-0.15, -0.1) is 0 Å². The summed E-state index contributed by atoms with van der Waals surface area (Å²) in [6.45, 7) is 2.57. The second-order valence-electron chi connectivity index (χ2n) is 6.10. The van der Waals surface area contributed by atoms with Gasteiger partial charge in [-0.3, -0.25) is 9.59 Å². The number of carbonyl (C=O) groups is 2. The van der Waals surface area contributed by atoms with Crippen LogP contribution in [0.25, 0.3) is 0 Å². The van der Waals surface area contributed by atoms with Crippen molar-refractivity contribution in [1.29, 1.82) is 0 Å². The molecule has 0 spiro atoms. The minimum Gasteiger partial charge on any atom is -0.495 e. The fourth-order valence-corrected chi connectivity index (χ4v) is 2.91. The first kappa shape index (κ1) is 18.6. The normalized spacial score (nSPS) is 14.0. The molecular formula is C19H19F2N3O3. The molecule has 1 aliphatic rings. The van der Waals surface area contributed by atoms with Crippen molar-refractivity contribution >= 4 is 23.7 Å². The Balaban J connectivity index is 1.80. The Morgan fingerprint density at radius 1 is 1.07 bits per heavy atom. The lowest BCUT2D eigenvalue weighted by atomic mass is 10.1. The molecule has 0 unspecified atom stereocenters. The quantitative estimate of drug-likeness (QED) is 0.816. The SMILES string of the molecule is COc1ccc(N2CCN(C=O)CC2)cc1NC(=O)c1ccc(F)c(F)c1. The summed E-state index contributed by atoms with van der Waals surface area (Å²) in [5.74, 6) is -2.23. The molecule has 1 heterocycles. The highest BCUT2D eigenvalue weighted by atomic mass is 19.2. The van der Waals surface area contributed by atoms with E-state index in [4.69, 9.17) is 4.74 Å². The van der Waals surface area contributed by atoms with Crippen LogP contribution in [0.1, 0.15) is 10.4 Å². The van der Waals surface area contributed by atoms with Gasteiger partial charge in [-0.25, -0.2) is 8.78 Å². The maximum atomic E-state index is 13.4. The number of benzene rings is 2. The Hall–Kier alpha value is -3.16. The van der Waals surface area contributed by atoms with E-state index >= 15 is 0 Å². The lowest BCUT2D eigenvalue weighted by Crippen LogP contribution is -2.45. The smallest absolute Gasteiger partial charge is 0.255 e. The van der Waals surface area contributed by atoms with Crippen molar-refractivity contribution in [2.45, 2.75) is 0 Å². The van der Waals surface area contributed by atoms with E-state index in [1.807, 2.05) is 6.07 Å². The number of carbonyl (C=O) groups excluding carboxylic acids is 2. The summed E-state index contributed by atoms with van der Waals surface area (Å²) in [5, 5.41) is 2.68. The average molecular weight is 375 g/mol. The molecule has 3 rings (SSSR count).